The molecule has 1 N–H and O–H groups in total. The molecule has 2 heterocycles. The summed E-state index contributed by atoms with van der Waals surface area (Å²) in [4.78, 5) is 26.1. The van der Waals surface area contributed by atoms with Gasteiger partial charge in [-0.05, 0) is 38.0 Å². The molecule has 2 amide bonds. The Balaban J connectivity index is 1.64. The number of aryl methyl sites for hydroxylation is 1. The van der Waals surface area contributed by atoms with Gasteiger partial charge in [0.2, 0.25) is 5.91 Å². The van der Waals surface area contributed by atoms with Gasteiger partial charge in [0.1, 0.15) is 11.4 Å². The van der Waals surface area contributed by atoms with Crippen LogP contribution in [0.4, 0.5) is 0 Å². The number of nitrogens with one attached hydrogen (secondary N) is 1. The number of aromatic nitrogens is 2. The van der Waals surface area contributed by atoms with Gasteiger partial charge < -0.3 is 15.0 Å². The molecular weight excluding hydrogens is 344 g/mol. The third-order valence-corrected chi connectivity index (χ3v) is 4.76. The molecule has 0 atom stereocenters. The van der Waals surface area contributed by atoms with E-state index in [-0.39, 0.29) is 11.8 Å². The van der Waals surface area contributed by atoms with Crippen molar-refractivity contribution in [3.8, 4) is 17.0 Å². The van der Waals surface area contributed by atoms with Gasteiger partial charge in [-0.25, -0.2) is 0 Å². The lowest BCUT2D eigenvalue weighted by Gasteiger charge is -2.15. The van der Waals surface area contributed by atoms with Gasteiger partial charge in [0.15, 0.2) is 0 Å². The van der Waals surface area contributed by atoms with Crippen molar-refractivity contribution in [2.75, 3.05) is 26.7 Å². The van der Waals surface area contributed by atoms with Crippen molar-refractivity contribution in [1.29, 1.82) is 0 Å². The molecular formula is C20H26N4O3. The normalized spacial score (nSPS) is 13.9. The van der Waals surface area contributed by atoms with Crippen LogP contribution in [-0.2, 0) is 11.3 Å². The van der Waals surface area contributed by atoms with E-state index in [0.717, 1.165) is 30.7 Å². The Morgan fingerprint density at radius 3 is 2.85 bits per heavy atom. The molecule has 1 aromatic carbocycles. The monoisotopic (exact) mass is 370 g/mol. The third kappa shape index (κ3) is 4.30. The molecule has 0 spiro atoms. The van der Waals surface area contributed by atoms with Crippen LogP contribution in [0.2, 0.25) is 0 Å². The largest absolute Gasteiger partial charge is 0.496 e. The highest BCUT2D eigenvalue weighted by atomic mass is 16.5. The lowest BCUT2D eigenvalue weighted by Crippen LogP contribution is -2.31. The second-order valence-corrected chi connectivity index (χ2v) is 6.52. The maximum Gasteiger partial charge on any atom is 0.269 e. The molecule has 1 aliphatic rings. The quantitative estimate of drug-likeness (QED) is 0.724. The Bertz CT molecular complexity index is 815. The van der Waals surface area contributed by atoms with E-state index in [9.17, 15) is 9.59 Å². The highest BCUT2D eigenvalue weighted by Gasteiger charge is 2.20. The molecule has 27 heavy (non-hydrogen) atoms. The molecule has 7 nitrogen and oxygen atoms in total. The Hall–Kier alpha value is -2.83. The molecule has 0 unspecified atom stereocenters. The number of rotatable bonds is 8. The van der Waals surface area contributed by atoms with Crippen molar-refractivity contribution in [3.63, 3.8) is 0 Å². The number of hydrogen-bond donors (Lipinski definition) is 1. The average molecular weight is 370 g/mol. The van der Waals surface area contributed by atoms with Gasteiger partial charge >= 0.3 is 0 Å². The van der Waals surface area contributed by atoms with Crippen molar-refractivity contribution in [3.05, 3.63) is 36.0 Å². The number of carbonyl (C=O) groups excluding carboxylic acids is 2. The summed E-state index contributed by atoms with van der Waals surface area (Å²) in [6.45, 7) is 4.60. The zero-order valence-corrected chi connectivity index (χ0v) is 15.9. The van der Waals surface area contributed by atoms with E-state index in [4.69, 9.17) is 4.74 Å². The number of hydrogen-bond acceptors (Lipinski definition) is 4. The molecule has 144 valence electrons. The minimum absolute atomic E-state index is 0.154. The van der Waals surface area contributed by atoms with Gasteiger partial charge in [0.25, 0.3) is 5.91 Å². The molecule has 3 rings (SSSR count). The highest BCUT2D eigenvalue weighted by molar-refractivity contribution is 5.94. The number of benzene rings is 1. The van der Waals surface area contributed by atoms with E-state index >= 15 is 0 Å². The van der Waals surface area contributed by atoms with Crippen LogP contribution in [0.3, 0.4) is 0 Å². The van der Waals surface area contributed by atoms with E-state index in [2.05, 4.69) is 10.4 Å². The second-order valence-electron chi connectivity index (χ2n) is 6.52. The lowest BCUT2D eigenvalue weighted by molar-refractivity contribution is -0.127. The lowest BCUT2D eigenvalue weighted by atomic mass is 10.1. The molecule has 0 aliphatic carbocycles. The van der Waals surface area contributed by atoms with Gasteiger partial charge in [-0.3, -0.25) is 14.3 Å². The summed E-state index contributed by atoms with van der Waals surface area (Å²) in [5.74, 6) is 0.783. The Morgan fingerprint density at radius 2 is 2.15 bits per heavy atom. The summed E-state index contributed by atoms with van der Waals surface area (Å²) in [7, 11) is 1.62. The summed E-state index contributed by atoms with van der Waals surface area (Å²) in [5, 5.41) is 7.49. The summed E-state index contributed by atoms with van der Waals surface area (Å²) in [5.41, 5.74) is 2.09. The fourth-order valence-electron chi connectivity index (χ4n) is 3.33. The zero-order chi connectivity index (χ0) is 19.2. The van der Waals surface area contributed by atoms with Crippen LogP contribution in [-0.4, -0.2) is 53.2 Å². The van der Waals surface area contributed by atoms with E-state index in [1.807, 2.05) is 36.1 Å². The smallest absolute Gasteiger partial charge is 0.269 e. The second kappa shape index (κ2) is 8.70. The molecule has 1 fully saturated rings. The molecule has 1 aromatic heterocycles. The predicted molar refractivity (Wildman–Crippen MR) is 103 cm³/mol. The van der Waals surface area contributed by atoms with E-state index < -0.39 is 0 Å². The number of amides is 2. The standard InChI is InChI=1S/C20H26N4O3/c1-3-24-17(14-16(22-24)15-8-4-5-9-18(15)27-2)20(26)21-11-7-13-23-12-6-10-19(23)25/h4-5,8-9,14H,3,6-7,10-13H2,1-2H3,(H,21,26). The topological polar surface area (TPSA) is 76.5 Å². The Labute approximate surface area is 159 Å². The summed E-state index contributed by atoms with van der Waals surface area (Å²) in [6, 6.07) is 9.41. The molecule has 0 radical (unpaired) electrons. The van der Waals surface area contributed by atoms with Crippen molar-refractivity contribution >= 4 is 11.8 Å². The van der Waals surface area contributed by atoms with Crippen LogP contribution < -0.4 is 10.1 Å². The van der Waals surface area contributed by atoms with Crippen molar-refractivity contribution < 1.29 is 14.3 Å². The third-order valence-electron chi connectivity index (χ3n) is 4.76. The Kier molecular flexibility index (Phi) is 6.11. The molecule has 0 bridgehead atoms. The number of para-hydroxylation sites is 1. The van der Waals surface area contributed by atoms with E-state index in [1.165, 1.54) is 0 Å². The van der Waals surface area contributed by atoms with Crippen LogP contribution in [0, 0.1) is 0 Å². The van der Waals surface area contributed by atoms with E-state index in [1.54, 1.807) is 17.9 Å². The first-order valence-corrected chi connectivity index (χ1v) is 9.41. The van der Waals surface area contributed by atoms with Gasteiger partial charge in [-0.2, -0.15) is 5.10 Å². The molecule has 0 saturated carbocycles. The minimum atomic E-state index is -0.154. The zero-order valence-electron chi connectivity index (χ0n) is 15.9. The first-order valence-electron chi connectivity index (χ1n) is 9.41. The fourth-order valence-corrected chi connectivity index (χ4v) is 3.33. The SMILES string of the molecule is CCn1nc(-c2ccccc2OC)cc1C(=O)NCCCN1CCCC1=O. The molecule has 2 aromatic rings. The minimum Gasteiger partial charge on any atom is -0.496 e. The van der Waals surface area contributed by atoms with Crippen molar-refractivity contribution in [2.45, 2.75) is 32.7 Å². The van der Waals surface area contributed by atoms with Gasteiger partial charge in [-0.1, -0.05) is 12.1 Å². The van der Waals surface area contributed by atoms with Crippen molar-refractivity contribution in [1.82, 2.24) is 20.0 Å². The maximum atomic E-state index is 12.6. The van der Waals surface area contributed by atoms with E-state index in [0.29, 0.717) is 37.4 Å². The maximum absolute atomic E-state index is 12.6. The van der Waals surface area contributed by atoms with Crippen LogP contribution in [0.1, 0.15) is 36.7 Å². The summed E-state index contributed by atoms with van der Waals surface area (Å²) < 4.78 is 7.09. The fraction of sp³-hybridized carbons (Fsp3) is 0.450. The summed E-state index contributed by atoms with van der Waals surface area (Å²) in [6.07, 6.45) is 2.33. The average Bonchev–Trinajstić information content (AvgIpc) is 3.31. The molecule has 1 aliphatic heterocycles. The number of likely N-dealkylation sites (tertiary alicyclic amines) is 1. The number of nitrogens with zero attached hydrogens (tertiary/aromatic N) is 3. The Morgan fingerprint density at radius 1 is 1.33 bits per heavy atom. The number of methoxy groups -OCH3 is 1. The first-order chi connectivity index (χ1) is 13.1. The van der Waals surface area contributed by atoms with Crippen LogP contribution >= 0.6 is 0 Å². The van der Waals surface area contributed by atoms with Crippen LogP contribution in [0.25, 0.3) is 11.3 Å². The number of carbonyl (C=O) groups is 2. The number of ether oxygens (including phenoxy) is 1. The summed E-state index contributed by atoms with van der Waals surface area (Å²) >= 11 is 0. The van der Waals surface area contributed by atoms with Crippen LogP contribution in [0.15, 0.2) is 30.3 Å². The van der Waals surface area contributed by atoms with Crippen LogP contribution in [0.5, 0.6) is 5.75 Å². The van der Waals surface area contributed by atoms with Gasteiger partial charge in [0.05, 0.1) is 12.8 Å². The van der Waals surface area contributed by atoms with Crippen molar-refractivity contribution in [2.24, 2.45) is 0 Å². The molecule has 7 heteroatoms. The molecule has 1 saturated heterocycles. The predicted octanol–water partition coefficient (Wildman–Crippen LogP) is 2.32. The van der Waals surface area contributed by atoms with Gasteiger partial charge in [0, 0.05) is 38.2 Å². The first kappa shape index (κ1) is 18.9. The highest BCUT2D eigenvalue weighted by Crippen LogP contribution is 2.29. The van der Waals surface area contributed by atoms with Gasteiger partial charge in [-0.15, -0.1) is 0 Å².